The molecule has 0 aliphatic rings. The first-order valence-corrected chi connectivity index (χ1v) is 6.10. The van der Waals surface area contributed by atoms with Crippen LogP contribution in [0.2, 0.25) is 0 Å². The van der Waals surface area contributed by atoms with Crippen LogP contribution in [0.5, 0.6) is 11.5 Å². The second-order valence-electron chi connectivity index (χ2n) is 4.29. The SMILES string of the molecule is CC(C)Oc1ccccc1OCc1[c-]cccc1.[Br-].[Mg+2]. The van der Waals surface area contributed by atoms with Crippen molar-refractivity contribution < 1.29 is 26.5 Å². The maximum absolute atomic E-state index is 5.77. The van der Waals surface area contributed by atoms with Gasteiger partial charge in [-0.3, -0.25) is 0 Å². The third-order valence-corrected chi connectivity index (χ3v) is 2.37. The minimum Gasteiger partial charge on any atom is -1.00 e. The average Bonchev–Trinajstić information content (AvgIpc) is 2.38. The molecular weight excluding hydrogens is 328 g/mol. The van der Waals surface area contributed by atoms with Gasteiger partial charge in [0.05, 0.1) is 12.7 Å². The Balaban J connectivity index is 0.00000180. The van der Waals surface area contributed by atoms with Gasteiger partial charge in [0.1, 0.15) is 0 Å². The van der Waals surface area contributed by atoms with Crippen LogP contribution in [0.3, 0.4) is 0 Å². The van der Waals surface area contributed by atoms with Gasteiger partial charge in [-0.05, 0) is 26.0 Å². The molecule has 0 N–H and O–H groups in total. The van der Waals surface area contributed by atoms with Gasteiger partial charge in [-0.25, -0.2) is 0 Å². The predicted octanol–water partition coefficient (Wildman–Crippen LogP) is 0.476. The second-order valence-corrected chi connectivity index (χ2v) is 4.29. The quantitative estimate of drug-likeness (QED) is 0.580. The molecule has 0 amide bonds. The van der Waals surface area contributed by atoms with Crippen LogP contribution in [-0.4, -0.2) is 29.2 Å². The first-order chi connectivity index (χ1) is 8.75. The summed E-state index contributed by atoms with van der Waals surface area (Å²) in [6.07, 6.45) is 0.137. The van der Waals surface area contributed by atoms with Crippen LogP contribution >= 0.6 is 0 Å². The molecule has 2 aromatic rings. The third-order valence-electron chi connectivity index (χ3n) is 2.37. The van der Waals surface area contributed by atoms with Gasteiger partial charge in [0.25, 0.3) is 0 Å². The van der Waals surface area contributed by atoms with Gasteiger partial charge < -0.3 is 26.5 Å². The number of hydrogen-bond donors (Lipinski definition) is 0. The fourth-order valence-corrected chi connectivity index (χ4v) is 1.60. The van der Waals surface area contributed by atoms with Crippen LogP contribution in [-0.2, 0) is 6.61 Å². The maximum atomic E-state index is 5.77. The Hall–Kier alpha value is -0.714. The minimum atomic E-state index is 0. The predicted molar refractivity (Wildman–Crippen MR) is 77.6 cm³/mol. The van der Waals surface area contributed by atoms with Crippen molar-refractivity contribution in [1.29, 1.82) is 0 Å². The van der Waals surface area contributed by atoms with E-state index in [1.807, 2.05) is 62.4 Å². The summed E-state index contributed by atoms with van der Waals surface area (Å²) < 4.78 is 11.5. The van der Waals surface area contributed by atoms with Crippen LogP contribution in [0.4, 0.5) is 0 Å². The van der Waals surface area contributed by atoms with E-state index in [2.05, 4.69) is 6.07 Å². The van der Waals surface area contributed by atoms with E-state index in [-0.39, 0.29) is 46.1 Å². The van der Waals surface area contributed by atoms with E-state index in [1.54, 1.807) is 0 Å². The van der Waals surface area contributed by atoms with E-state index < -0.39 is 0 Å². The third kappa shape index (κ3) is 6.16. The minimum absolute atomic E-state index is 0. The summed E-state index contributed by atoms with van der Waals surface area (Å²) in [5, 5.41) is 0. The Morgan fingerprint density at radius 3 is 2.25 bits per heavy atom. The molecule has 102 valence electrons. The zero-order valence-electron chi connectivity index (χ0n) is 11.8. The molecule has 0 spiro atoms. The van der Waals surface area contributed by atoms with Gasteiger partial charge >= 0.3 is 23.1 Å². The number of benzene rings is 2. The topological polar surface area (TPSA) is 18.5 Å². The number of rotatable bonds is 5. The van der Waals surface area contributed by atoms with E-state index in [1.165, 1.54) is 0 Å². The first kappa shape index (κ1) is 19.3. The summed E-state index contributed by atoms with van der Waals surface area (Å²) >= 11 is 0. The molecule has 0 unspecified atom stereocenters. The molecule has 2 aromatic carbocycles. The van der Waals surface area contributed by atoms with Crippen LogP contribution < -0.4 is 26.5 Å². The summed E-state index contributed by atoms with van der Waals surface area (Å²) in [6.45, 7) is 4.50. The normalized spacial score (nSPS) is 9.35. The smallest absolute Gasteiger partial charge is 1.00 e. The molecular formula is C16H17BrMgO2. The van der Waals surface area contributed by atoms with E-state index >= 15 is 0 Å². The average molecular weight is 346 g/mol. The monoisotopic (exact) mass is 344 g/mol. The maximum Gasteiger partial charge on any atom is 2.00 e. The molecule has 0 fully saturated rings. The molecule has 0 aromatic heterocycles. The molecule has 2 rings (SSSR count). The van der Waals surface area contributed by atoms with E-state index in [0.717, 1.165) is 17.1 Å². The standard InChI is InChI=1S/C16H17O2.BrH.Mg/c1-13(2)18-16-11-7-6-10-15(16)17-12-14-8-4-3-5-9-14;;/h3-8,10-11,13H,12H2,1-2H3;1H;/q-1;;+2/p-1. The summed E-state index contributed by atoms with van der Waals surface area (Å²) in [5.74, 6) is 1.55. The van der Waals surface area contributed by atoms with Crippen molar-refractivity contribution in [3.63, 3.8) is 0 Å². The van der Waals surface area contributed by atoms with Crippen LogP contribution in [0.15, 0.2) is 48.5 Å². The summed E-state index contributed by atoms with van der Waals surface area (Å²) in [7, 11) is 0. The van der Waals surface area contributed by atoms with Crippen molar-refractivity contribution in [2.45, 2.75) is 26.6 Å². The van der Waals surface area contributed by atoms with Gasteiger partial charge in [-0.15, -0.1) is 5.56 Å². The molecule has 0 saturated carbocycles. The van der Waals surface area contributed by atoms with Crippen molar-refractivity contribution in [3.8, 4) is 11.5 Å². The molecule has 0 radical (unpaired) electrons. The zero-order chi connectivity index (χ0) is 12.8. The molecule has 2 nitrogen and oxygen atoms in total. The van der Waals surface area contributed by atoms with Crippen LogP contribution in [0, 0.1) is 6.07 Å². The summed E-state index contributed by atoms with van der Waals surface area (Å²) in [4.78, 5) is 0. The van der Waals surface area contributed by atoms with Gasteiger partial charge in [0, 0.05) is 0 Å². The van der Waals surface area contributed by atoms with E-state index in [9.17, 15) is 0 Å². The van der Waals surface area contributed by atoms with Gasteiger partial charge in [0.15, 0.2) is 11.5 Å². The van der Waals surface area contributed by atoms with Crippen molar-refractivity contribution in [3.05, 3.63) is 60.2 Å². The Bertz CT molecular complexity index is 489. The Morgan fingerprint density at radius 1 is 1.00 bits per heavy atom. The molecule has 0 heterocycles. The molecule has 0 bridgehead atoms. The molecule has 0 aliphatic carbocycles. The molecule has 20 heavy (non-hydrogen) atoms. The zero-order valence-corrected chi connectivity index (χ0v) is 14.8. The molecule has 0 aliphatic heterocycles. The number of ether oxygens (including phenoxy) is 2. The molecule has 4 heteroatoms. The fourth-order valence-electron chi connectivity index (χ4n) is 1.60. The van der Waals surface area contributed by atoms with Crippen molar-refractivity contribution in [1.82, 2.24) is 0 Å². The van der Waals surface area contributed by atoms with Gasteiger partial charge in [-0.1, -0.05) is 12.1 Å². The van der Waals surface area contributed by atoms with Crippen LogP contribution in [0.1, 0.15) is 19.4 Å². The number of halogens is 1. The van der Waals surface area contributed by atoms with E-state index in [0.29, 0.717) is 6.61 Å². The number of hydrogen-bond acceptors (Lipinski definition) is 2. The number of para-hydroxylation sites is 2. The Kier molecular flexibility index (Phi) is 9.72. The Labute approximate surface area is 147 Å². The summed E-state index contributed by atoms with van der Waals surface area (Å²) in [5.41, 5.74) is 1.02. The largest absolute Gasteiger partial charge is 2.00 e. The molecule has 0 atom stereocenters. The fraction of sp³-hybridized carbons (Fsp3) is 0.250. The van der Waals surface area contributed by atoms with Crippen LogP contribution in [0.25, 0.3) is 0 Å². The summed E-state index contributed by atoms with van der Waals surface area (Å²) in [6, 6.07) is 18.7. The van der Waals surface area contributed by atoms with Gasteiger partial charge in [0.2, 0.25) is 0 Å². The second kappa shape index (κ2) is 10.1. The molecule has 0 saturated heterocycles. The van der Waals surface area contributed by atoms with Crippen molar-refractivity contribution in [2.24, 2.45) is 0 Å². The van der Waals surface area contributed by atoms with Crippen molar-refractivity contribution in [2.75, 3.05) is 0 Å². The van der Waals surface area contributed by atoms with Gasteiger partial charge in [-0.2, -0.15) is 30.3 Å². The Morgan fingerprint density at radius 2 is 1.65 bits per heavy atom. The van der Waals surface area contributed by atoms with E-state index in [4.69, 9.17) is 9.47 Å². The first-order valence-electron chi connectivity index (χ1n) is 6.10. The van der Waals surface area contributed by atoms with Crippen molar-refractivity contribution >= 4 is 23.1 Å².